The molecule has 0 amide bonds. The zero-order chi connectivity index (χ0) is 35.4. The van der Waals surface area contributed by atoms with E-state index in [0.29, 0.717) is 62.9 Å². The lowest BCUT2D eigenvalue weighted by molar-refractivity contribution is 0.174. The number of aromatic nitrogens is 2. The lowest BCUT2D eigenvalue weighted by atomic mass is 9.92. The number of rotatable bonds is 13. The smallest absolute Gasteiger partial charge is 0.231 e. The Bertz CT molecular complexity index is 1690. The van der Waals surface area contributed by atoms with E-state index < -0.39 is 0 Å². The van der Waals surface area contributed by atoms with Crippen LogP contribution >= 0.6 is 31.9 Å². The number of methoxy groups -OCH3 is 2. The van der Waals surface area contributed by atoms with Crippen molar-refractivity contribution in [3.8, 4) is 34.6 Å². The van der Waals surface area contributed by atoms with Gasteiger partial charge in [0.1, 0.15) is 13.2 Å². The quantitative estimate of drug-likeness (QED) is 0.154. The molecule has 6 rings (SSSR count). The molecule has 10 nitrogen and oxygen atoms in total. The molecule has 0 saturated carbocycles. The Hall–Kier alpha value is -3.26. The highest BCUT2D eigenvalue weighted by Gasteiger charge is 2.24. The highest BCUT2D eigenvalue weighted by molar-refractivity contribution is 9.10. The fourth-order valence-corrected chi connectivity index (χ4v) is 7.68. The summed E-state index contributed by atoms with van der Waals surface area (Å²) in [6.07, 6.45) is 0.990. The van der Waals surface area contributed by atoms with Gasteiger partial charge >= 0.3 is 0 Å². The molecule has 2 saturated heterocycles. The van der Waals surface area contributed by atoms with Crippen LogP contribution in [0.15, 0.2) is 57.5 Å². The van der Waals surface area contributed by atoms with Crippen molar-refractivity contribution < 1.29 is 29.2 Å². The van der Waals surface area contributed by atoms with Gasteiger partial charge in [0.15, 0.2) is 0 Å². The number of β-amino-alcohol motifs (C(OH)–C–C–N with tert-alkyl or cyclic N) is 2. The summed E-state index contributed by atoms with van der Waals surface area (Å²) in [5, 5.41) is 19.9. The predicted molar refractivity (Wildman–Crippen MR) is 199 cm³/mol. The number of hydrogen-bond acceptors (Lipinski definition) is 10. The van der Waals surface area contributed by atoms with Gasteiger partial charge in [0.25, 0.3) is 0 Å². The number of pyridine rings is 2. The summed E-state index contributed by atoms with van der Waals surface area (Å²) in [5.74, 6) is 1.96. The van der Waals surface area contributed by atoms with Crippen LogP contribution in [0.2, 0.25) is 0 Å². The van der Waals surface area contributed by atoms with Crippen LogP contribution in [-0.4, -0.2) is 82.6 Å². The third kappa shape index (κ3) is 8.43. The molecule has 0 spiro atoms. The maximum atomic E-state index is 9.93. The van der Waals surface area contributed by atoms with Crippen LogP contribution < -0.4 is 18.9 Å². The maximum Gasteiger partial charge on any atom is 0.231 e. The third-order valence-corrected chi connectivity index (χ3v) is 10.7. The molecule has 0 bridgehead atoms. The van der Waals surface area contributed by atoms with E-state index in [-0.39, 0.29) is 12.2 Å². The van der Waals surface area contributed by atoms with Gasteiger partial charge in [-0.1, -0.05) is 36.4 Å². The summed E-state index contributed by atoms with van der Waals surface area (Å²) in [4.78, 5) is 13.7. The number of nitrogens with zero attached hydrogens (tertiary/aromatic N) is 4. The van der Waals surface area contributed by atoms with Crippen molar-refractivity contribution in [2.24, 2.45) is 0 Å². The summed E-state index contributed by atoms with van der Waals surface area (Å²) in [6, 6.07) is 16.5. The van der Waals surface area contributed by atoms with E-state index in [1.54, 1.807) is 14.2 Å². The third-order valence-electron chi connectivity index (χ3n) is 9.55. The van der Waals surface area contributed by atoms with Crippen molar-refractivity contribution in [1.29, 1.82) is 0 Å². The standard InChI is InChI=1S/C38H44Br2N4O6/c1-23-25(21-49-37-33(39)15-27(35(41-37)47-3)17-43-13-11-29(45)19-43)7-5-9-31(23)32-10-6-8-26(24(32)2)22-50-38-34(40)16-28(36(42-38)48-4)18-44-14-12-30(46)20-44/h5-10,15-16,29-30,45-46H,11-14,17-22H2,1-4H3. The molecule has 0 aliphatic carbocycles. The first-order valence-electron chi connectivity index (χ1n) is 16.8. The molecule has 4 heterocycles. The monoisotopic (exact) mass is 810 g/mol. The molecule has 0 radical (unpaired) electrons. The molecule has 2 atom stereocenters. The summed E-state index contributed by atoms with van der Waals surface area (Å²) < 4.78 is 25.3. The van der Waals surface area contributed by atoms with Crippen LogP contribution in [0, 0.1) is 13.8 Å². The lowest BCUT2D eigenvalue weighted by Gasteiger charge is -2.19. The highest BCUT2D eigenvalue weighted by Crippen LogP contribution is 2.35. The second-order valence-electron chi connectivity index (χ2n) is 13.0. The second-order valence-corrected chi connectivity index (χ2v) is 14.7. The minimum absolute atomic E-state index is 0.284. The number of likely N-dealkylation sites (tertiary alicyclic amines) is 2. The molecule has 2 aliphatic rings. The van der Waals surface area contributed by atoms with Gasteiger partial charge in [-0.3, -0.25) is 9.80 Å². The van der Waals surface area contributed by atoms with Crippen molar-refractivity contribution in [3.63, 3.8) is 0 Å². The molecular weight excluding hydrogens is 768 g/mol. The minimum atomic E-state index is -0.284. The summed E-state index contributed by atoms with van der Waals surface area (Å²) in [5.41, 5.74) is 8.47. The fourth-order valence-electron chi connectivity index (χ4n) is 6.72. The molecule has 12 heteroatoms. The SMILES string of the molecule is COc1nc(OCc2cccc(-c3cccc(COc4nc(OC)c(CN5CCC(O)C5)cc4Br)c3C)c2C)c(Br)cc1CN1CCC(O)C1. The number of hydrogen-bond donors (Lipinski definition) is 2. The van der Waals surface area contributed by atoms with Gasteiger partial charge in [0, 0.05) is 50.4 Å². The van der Waals surface area contributed by atoms with Crippen LogP contribution in [0.4, 0.5) is 0 Å². The molecule has 2 fully saturated rings. The molecule has 2 aliphatic heterocycles. The maximum absolute atomic E-state index is 9.93. The first kappa shape index (κ1) is 36.5. The number of aliphatic hydroxyl groups is 2. The van der Waals surface area contributed by atoms with Gasteiger partial charge in [-0.2, -0.15) is 9.97 Å². The average molecular weight is 813 g/mol. The summed E-state index contributed by atoms with van der Waals surface area (Å²) >= 11 is 7.30. The van der Waals surface area contributed by atoms with E-state index in [0.717, 1.165) is 79.4 Å². The van der Waals surface area contributed by atoms with E-state index in [9.17, 15) is 10.2 Å². The number of aliphatic hydroxyl groups excluding tert-OH is 2. The Balaban J connectivity index is 1.15. The van der Waals surface area contributed by atoms with E-state index in [1.807, 2.05) is 12.1 Å². The minimum Gasteiger partial charge on any atom is -0.481 e. The summed E-state index contributed by atoms with van der Waals surface area (Å²) in [6.45, 7) is 9.19. The van der Waals surface area contributed by atoms with Crippen molar-refractivity contribution in [3.05, 3.63) is 90.9 Å². The first-order valence-corrected chi connectivity index (χ1v) is 18.4. The van der Waals surface area contributed by atoms with Crippen LogP contribution in [-0.2, 0) is 26.3 Å². The van der Waals surface area contributed by atoms with Crippen LogP contribution in [0.25, 0.3) is 11.1 Å². The van der Waals surface area contributed by atoms with Gasteiger partial charge in [-0.25, -0.2) is 0 Å². The van der Waals surface area contributed by atoms with E-state index in [4.69, 9.17) is 18.9 Å². The first-order chi connectivity index (χ1) is 24.1. The van der Waals surface area contributed by atoms with Crippen molar-refractivity contribution in [2.75, 3.05) is 40.4 Å². The zero-order valence-electron chi connectivity index (χ0n) is 28.9. The predicted octanol–water partition coefficient (Wildman–Crippen LogP) is 6.59. The molecule has 2 N–H and O–H groups in total. The normalized spacial score (nSPS) is 18.1. The molecule has 2 unspecified atom stereocenters. The molecule has 2 aromatic heterocycles. The van der Waals surface area contributed by atoms with E-state index in [1.165, 1.54) is 0 Å². The molecule has 266 valence electrons. The molecule has 4 aromatic rings. The number of benzene rings is 2. The molecular formula is C38H44Br2N4O6. The van der Waals surface area contributed by atoms with E-state index in [2.05, 4.69) is 102 Å². The van der Waals surface area contributed by atoms with Gasteiger partial charge in [-0.05, 0) is 104 Å². The van der Waals surface area contributed by atoms with Gasteiger partial charge in [0.05, 0.1) is 35.4 Å². The Morgan fingerprint density at radius 2 is 1.08 bits per heavy atom. The van der Waals surface area contributed by atoms with Crippen molar-refractivity contribution in [1.82, 2.24) is 19.8 Å². The Labute approximate surface area is 310 Å². The number of ether oxygens (including phenoxy) is 4. The zero-order valence-corrected chi connectivity index (χ0v) is 32.1. The topological polar surface area (TPSA) is 110 Å². The van der Waals surface area contributed by atoms with E-state index >= 15 is 0 Å². The second kappa shape index (κ2) is 16.4. The lowest BCUT2D eigenvalue weighted by Crippen LogP contribution is -2.22. The van der Waals surface area contributed by atoms with Gasteiger partial charge < -0.3 is 29.2 Å². The van der Waals surface area contributed by atoms with Crippen molar-refractivity contribution in [2.45, 2.75) is 65.2 Å². The van der Waals surface area contributed by atoms with Crippen LogP contribution in [0.1, 0.15) is 46.2 Å². The van der Waals surface area contributed by atoms with Gasteiger partial charge in [0.2, 0.25) is 23.5 Å². The average Bonchev–Trinajstić information content (AvgIpc) is 3.71. The van der Waals surface area contributed by atoms with Gasteiger partial charge in [-0.15, -0.1) is 0 Å². The largest absolute Gasteiger partial charge is 0.481 e. The molecule has 2 aromatic carbocycles. The Kier molecular flexibility index (Phi) is 12.0. The fraction of sp³-hybridized carbons (Fsp3) is 0.421. The Morgan fingerprint density at radius 3 is 1.44 bits per heavy atom. The summed E-state index contributed by atoms with van der Waals surface area (Å²) in [7, 11) is 3.23. The molecule has 50 heavy (non-hydrogen) atoms. The van der Waals surface area contributed by atoms with Crippen molar-refractivity contribution >= 4 is 31.9 Å². The van der Waals surface area contributed by atoms with Crippen LogP contribution in [0.3, 0.4) is 0 Å². The highest BCUT2D eigenvalue weighted by atomic mass is 79.9. The number of halogens is 2. The Morgan fingerprint density at radius 1 is 0.660 bits per heavy atom. The van der Waals surface area contributed by atoms with Crippen LogP contribution in [0.5, 0.6) is 23.5 Å².